The van der Waals surface area contributed by atoms with E-state index in [-0.39, 0.29) is 23.4 Å². The molecule has 0 atom stereocenters. The minimum atomic E-state index is -3.73. The van der Waals surface area contributed by atoms with E-state index in [1.807, 2.05) is 0 Å². The Hall–Kier alpha value is -2.27. The molecular formula is C11H17N7O3S. The fraction of sp³-hybridized carbons (Fsp3) is 0.455. The van der Waals surface area contributed by atoms with Crippen molar-refractivity contribution >= 4 is 16.0 Å². The second kappa shape index (κ2) is 6.23. The summed E-state index contributed by atoms with van der Waals surface area (Å²) in [5.41, 5.74) is 0. The van der Waals surface area contributed by atoms with Gasteiger partial charge in [0, 0.05) is 27.3 Å². The summed E-state index contributed by atoms with van der Waals surface area (Å²) in [5.74, 6) is 0.619. The van der Waals surface area contributed by atoms with E-state index < -0.39 is 10.0 Å². The number of methoxy groups -OCH3 is 1. The summed E-state index contributed by atoms with van der Waals surface area (Å²) in [6.07, 6.45) is 2.81. The number of aryl methyl sites for hydroxylation is 1. The number of nitrogens with zero attached hydrogens (tertiary/aromatic N) is 6. The van der Waals surface area contributed by atoms with Gasteiger partial charge in [0.25, 0.3) is 10.0 Å². The smallest absolute Gasteiger partial charge is 0.321 e. The highest BCUT2D eigenvalue weighted by Gasteiger charge is 2.18. The van der Waals surface area contributed by atoms with Crippen molar-refractivity contribution in [2.75, 3.05) is 26.1 Å². The Morgan fingerprint density at radius 2 is 2.05 bits per heavy atom. The quantitative estimate of drug-likeness (QED) is 0.730. The van der Waals surface area contributed by atoms with E-state index >= 15 is 0 Å². The summed E-state index contributed by atoms with van der Waals surface area (Å²) in [6.45, 7) is -0.0986. The van der Waals surface area contributed by atoms with Gasteiger partial charge in [-0.1, -0.05) is 0 Å². The number of nitrogens with one attached hydrogen (secondary N) is 1. The molecule has 0 aromatic carbocycles. The van der Waals surface area contributed by atoms with Gasteiger partial charge in [0.15, 0.2) is 10.9 Å². The maximum atomic E-state index is 12.1. The van der Waals surface area contributed by atoms with E-state index in [0.717, 1.165) is 0 Å². The van der Waals surface area contributed by atoms with Crippen LogP contribution in [0.3, 0.4) is 0 Å². The minimum absolute atomic E-state index is 0.0659. The van der Waals surface area contributed by atoms with Gasteiger partial charge in [0.05, 0.1) is 20.0 Å². The van der Waals surface area contributed by atoms with Crippen LogP contribution in [0.2, 0.25) is 0 Å². The molecule has 0 spiro atoms. The van der Waals surface area contributed by atoms with Gasteiger partial charge in [-0.3, -0.25) is 0 Å². The van der Waals surface area contributed by atoms with Gasteiger partial charge < -0.3 is 14.2 Å². The van der Waals surface area contributed by atoms with Crippen LogP contribution in [0.25, 0.3) is 0 Å². The second-order valence-corrected chi connectivity index (χ2v) is 6.35. The molecule has 22 heavy (non-hydrogen) atoms. The second-order valence-electron chi connectivity index (χ2n) is 4.63. The van der Waals surface area contributed by atoms with Crippen molar-refractivity contribution in [2.24, 2.45) is 7.05 Å². The number of sulfonamides is 1. The summed E-state index contributed by atoms with van der Waals surface area (Å²) in [7, 11) is 2.91. The summed E-state index contributed by atoms with van der Waals surface area (Å²) < 4.78 is 33.1. The van der Waals surface area contributed by atoms with Crippen LogP contribution >= 0.6 is 0 Å². The van der Waals surface area contributed by atoms with Gasteiger partial charge in [-0.25, -0.2) is 18.1 Å². The number of hydrogen-bond acceptors (Lipinski definition) is 8. The van der Waals surface area contributed by atoms with Crippen molar-refractivity contribution < 1.29 is 13.2 Å². The molecule has 0 aliphatic rings. The molecule has 0 saturated carbocycles. The van der Waals surface area contributed by atoms with Gasteiger partial charge >= 0.3 is 6.01 Å². The monoisotopic (exact) mass is 327 g/mol. The van der Waals surface area contributed by atoms with E-state index in [1.165, 1.54) is 19.6 Å². The van der Waals surface area contributed by atoms with Gasteiger partial charge in [0.2, 0.25) is 5.95 Å². The SMILES string of the molecule is COc1nc(CNS(=O)(=O)c2cn(C)cn2)nc(N(C)C)n1. The fourth-order valence-corrected chi connectivity index (χ4v) is 2.48. The Kier molecular flexibility index (Phi) is 4.56. The van der Waals surface area contributed by atoms with E-state index in [9.17, 15) is 8.42 Å². The number of hydrogen-bond donors (Lipinski definition) is 1. The van der Waals surface area contributed by atoms with Crippen LogP contribution in [0.5, 0.6) is 6.01 Å². The standard InChI is InChI=1S/C11H17N7O3S/c1-17(2)10-14-8(15-11(16-10)21-4)5-13-22(19,20)9-6-18(3)7-12-9/h6-7,13H,5H2,1-4H3. The molecular weight excluding hydrogens is 310 g/mol. The summed E-state index contributed by atoms with van der Waals surface area (Å²) in [6, 6.07) is 0.116. The van der Waals surface area contributed by atoms with Crippen molar-refractivity contribution in [3.05, 3.63) is 18.3 Å². The molecule has 0 saturated heterocycles. The van der Waals surface area contributed by atoms with Crippen molar-refractivity contribution in [3.8, 4) is 6.01 Å². The molecule has 0 bridgehead atoms. The topological polar surface area (TPSA) is 115 Å². The molecule has 10 nitrogen and oxygen atoms in total. The number of aromatic nitrogens is 5. The summed E-state index contributed by atoms with van der Waals surface area (Å²) in [5, 5.41) is -0.0659. The van der Waals surface area contributed by atoms with Crippen molar-refractivity contribution in [1.29, 1.82) is 0 Å². The Balaban J connectivity index is 2.19. The molecule has 1 N–H and O–H groups in total. The molecule has 2 aromatic rings. The molecule has 0 amide bonds. The van der Waals surface area contributed by atoms with E-state index in [0.29, 0.717) is 5.95 Å². The third-order valence-electron chi connectivity index (χ3n) is 2.61. The molecule has 2 heterocycles. The van der Waals surface area contributed by atoms with Gasteiger partial charge in [-0.05, 0) is 0 Å². The molecule has 120 valence electrons. The van der Waals surface area contributed by atoms with Crippen LogP contribution in [0, 0.1) is 0 Å². The van der Waals surface area contributed by atoms with E-state index in [1.54, 1.807) is 30.6 Å². The van der Waals surface area contributed by atoms with Gasteiger partial charge in [-0.2, -0.15) is 15.0 Å². The first-order valence-electron chi connectivity index (χ1n) is 6.25. The lowest BCUT2D eigenvalue weighted by Crippen LogP contribution is -2.25. The fourth-order valence-electron chi connectivity index (χ4n) is 1.52. The molecule has 0 aliphatic heterocycles. The first-order valence-corrected chi connectivity index (χ1v) is 7.74. The zero-order valence-electron chi connectivity index (χ0n) is 12.7. The van der Waals surface area contributed by atoms with Crippen LogP contribution in [0.15, 0.2) is 17.6 Å². The predicted octanol–water partition coefficient (Wildman–Crippen LogP) is -0.842. The highest BCUT2D eigenvalue weighted by Crippen LogP contribution is 2.10. The predicted molar refractivity (Wildman–Crippen MR) is 77.9 cm³/mol. The first-order chi connectivity index (χ1) is 10.3. The van der Waals surface area contributed by atoms with Crippen LogP contribution in [0.4, 0.5) is 5.95 Å². The largest absolute Gasteiger partial charge is 0.467 e. The van der Waals surface area contributed by atoms with Crippen molar-refractivity contribution in [3.63, 3.8) is 0 Å². The average molecular weight is 327 g/mol. The lowest BCUT2D eigenvalue weighted by molar-refractivity contribution is 0.375. The Morgan fingerprint density at radius 3 is 2.59 bits per heavy atom. The summed E-state index contributed by atoms with van der Waals surface area (Å²) >= 11 is 0. The minimum Gasteiger partial charge on any atom is -0.467 e. The van der Waals surface area contributed by atoms with Crippen molar-refractivity contribution in [1.82, 2.24) is 29.2 Å². The van der Waals surface area contributed by atoms with Crippen LogP contribution in [-0.4, -0.2) is 54.1 Å². The molecule has 2 aromatic heterocycles. The maximum Gasteiger partial charge on any atom is 0.321 e. The van der Waals surface area contributed by atoms with Crippen molar-refractivity contribution in [2.45, 2.75) is 11.6 Å². The number of rotatable bonds is 6. The third-order valence-corrected chi connectivity index (χ3v) is 3.89. The molecule has 0 aliphatic carbocycles. The summed E-state index contributed by atoms with van der Waals surface area (Å²) in [4.78, 5) is 17.7. The van der Waals surface area contributed by atoms with E-state index in [4.69, 9.17) is 4.74 Å². The Labute approximate surface area is 128 Å². The first kappa shape index (κ1) is 16.1. The number of imidazole rings is 1. The molecule has 11 heteroatoms. The highest BCUT2D eigenvalue weighted by molar-refractivity contribution is 7.89. The third kappa shape index (κ3) is 3.68. The molecule has 2 rings (SSSR count). The van der Waals surface area contributed by atoms with Gasteiger partial charge in [0.1, 0.15) is 0 Å². The molecule has 0 fully saturated rings. The van der Waals surface area contributed by atoms with Crippen LogP contribution < -0.4 is 14.4 Å². The lowest BCUT2D eigenvalue weighted by atomic mass is 10.6. The number of anilines is 1. The Bertz CT molecular complexity index is 757. The highest BCUT2D eigenvalue weighted by atomic mass is 32.2. The average Bonchev–Trinajstić information content (AvgIpc) is 2.92. The van der Waals surface area contributed by atoms with Crippen LogP contribution in [-0.2, 0) is 23.6 Å². The van der Waals surface area contributed by atoms with Crippen LogP contribution in [0.1, 0.15) is 5.82 Å². The zero-order valence-corrected chi connectivity index (χ0v) is 13.5. The Morgan fingerprint density at radius 1 is 1.32 bits per heavy atom. The van der Waals surface area contributed by atoms with Gasteiger partial charge in [-0.15, -0.1) is 0 Å². The maximum absolute atomic E-state index is 12.1. The number of ether oxygens (including phenoxy) is 1. The van der Waals surface area contributed by atoms with E-state index in [2.05, 4.69) is 24.7 Å². The molecule has 0 unspecified atom stereocenters. The normalized spacial score (nSPS) is 11.5. The lowest BCUT2D eigenvalue weighted by Gasteiger charge is -2.12. The zero-order chi connectivity index (χ0) is 16.3. The molecule has 0 radical (unpaired) electrons.